The predicted molar refractivity (Wildman–Crippen MR) is 128 cm³/mol. The van der Waals surface area contributed by atoms with Crippen molar-refractivity contribution in [2.45, 2.75) is 65.1 Å². The van der Waals surface area contributed by atoms with Crippen molar-refractivity contribution in [3.05, 3.63) is 63.1 Å². The minimum atomic E-state index is -0.669. The minimum Gasteiger partial charge on any atom is -0.483 e. The number of hydrogen-bond acceptors (Lipinski definition) is 3. The van der Waals surface area contributed by atoms with Crippen LogP contribution in [0.15, 0.2) is 36.4 Å². The smallest absolute Gasteiger partial charge is 0.261 e. The molecule has 172 valence electrons. The number of carbonyl (C=O) groups excluding carboxylic acids is 2. The molecular weight excluding hydrogens is 447 g/mol. The van der Waals surface area contributed by atoms with E-state index in [1.54, 1.807) is 25.1 Å². The fraction of sp³-hybridized carbons (Fsp3) is 0.440. The number of ether oxygens (including phenoxy) is 1. The van der Waals surface area contributed by atoms with E-state index in [0.717, 1.165) is 42.4 Å². The third-order valence-electron chi connectivity index (χ3n) is 5.91. The van der Waals surface area contributed by atoms with Crippen LogP contribution in [0.3, 0.4) is 0 Å². The second-order valence-corrected chi connectivity index (χ2v) is 9.32. The molecule has 1 saturated carbocycles. The molecule has 0 aliphatic heterocycles. The largest absolute Gasteiger partial charge is 0.483 e. The summed E-state index contributed by atoms with van der Waals surface area (Å²) in [6, 6.07) is 10.4. The first kappa shape index (κ1) is 24.4. The Labute approximate surface area is 200 Å². The van der Waals surface area contributed by atoms with E-state index < -0.39 is 6.04 Å². The third-order valence-corrected chi connectivity index (χ3v) is 6.49. The molecule has 5 nitrogen and oxygen atoms in total. The maximum atomic E-state index is 13.2. The number of amides is 2. The Bertz CT molecular complexity index is 974. The molecule has 32 heavy (non-hydrogen) atoms. The molecule has 2 aromatic rings. The molecule has 1 aliphatic carbocycles. The minimum absolute atomic E-state index is 0.165. The average Bonchev–Trinajstić information content (AvgIpc) is 3.25. The number of benzene rings is 2. The Balaban J connectivity index is 1.76. The van der Waals surface area contributed by atoms with Crippen LogP contribution < -0.4 is 10.1 Å². The highest BCUT2D eigenvalue weighted by Gasteiger charge is 2.29. The number of rotatable bonds is 8. The van der Waals surface area contributed by atoms with E-state index in [1.807, 2.05) is 32.0 Å². The summed E-state index contributed by atoms with van der Waals surface area (Å²) in [6.07, 6.45) is 4.19. The topological polar surface area (TPSA) is 58.6 Å². The quantitative estimate of drug-likeness (QED) is 0.549. The van der Waals surface area contributed by atoms with Gasteiger partial charge in [0.15, 0.2) is 6.61 Å². The van der Waals surface area contributed by atoms with Crippen LogP contribution >= 0.6 is 23.2 Å². The maximum absolute atomic E-state index is 13.2. The van der Waals surface area contributed by atoms with Gasteiger partial charge < -0.3 is 15.0 Å². The number of nitrogens with zero attached hydrogens (tertiary/aromatic N) is 1. The molecule has 1 aliphatic rings. The summed E-state index contributed by atoms with van der Waals surface area (Å²) in [5.74, 6) is 0.198. The van der Waals surface area contributed by atoms with Crippen molar-refractivity contribution in [3.63, 3.8) is 0 Å². The van der Waals surface area contributed by atoms with Crippen molar-refractivity contribution >= 4 is 35.0 Å². The number of hydrogen-bond donors (Lipinski definition) is 1. The lowest BCUT2D eigenvalue weighted by atomic mass is 10.1. The van der Waals surface area contributed by atoms with Crippen molar-refractivity contribution in [2.24, 2.45) is 0 Å². The van der Waals surface area contributed by atoms with E-state index in [0.29, 0.717) is 15.8 Å². The van der Waals surface area contributed by atoms with Crippen molar-refractivity contribution in [1.82, 2.24) is 10.2 Å². The van der Waals surface area contributed by atoms with Crippen LogP contribution in [0.5, 0.6) is 5.75 Å². The highest BCUT2D eigenvalue weighted by molar-refractivity contribution is 6.35. The van der Waals surface area contributed by atoms with Gasteiger partial charge in [0, 0.05) is 22.6 Å². The summed E-state index contributed by atoms with van der Waals surface area (Å²) >= 11 is 12.4. The fourth-order valence-electron chi connectivity index (χ4n) is 3.99. The van der Waals surface area contributed by atoms with E-state index >= 15 is 0 Å². The van der Waals surface area contributed by atoms with E-state index in [9.17, 15) is 9.59 Å². The third kappa shape index (κ3) is 6.39. The van der Waals surface area contributed by atoms with Gasteiger partial charge in [0.05, 0.1) is 0 Å². The van der Waals surface area contributed by atoms with Gasteiger partial charge in [0.25, 0.3) is 5.91 Å². The van der Waals surface area contributed by atoms with Crippen LogP contribution in [0.1, 0.15) is 49.3 Å². The van der Waals surface area contributed by atoms with Crippen LogP contribution in [0.25, 0.3) is 0 Å². The molecule has 0 spiro atoms. The summed E-state index contributed by atoms with van der Waals surface area (Å²) < 4.78 is 5.81. The first-order valence-electron chi connectivity index (χ1n) is 11.0. The summed E-state index contributed by atoms with van der Waals surface area (Å²) in [4.78, 5) is 27.7. The van der Waals surface area contributed by atoms with Gasteiger partial charge in [-0.1, -0.05) is 59.8 Å². The Kier molecular flexibility index (Phi) is 8.44. The maximum Gasteiger partial charge on any atom is 0.261 e. The normalized spacial score (nSPS) is 14.8. The van der Waals surface area contributed by atoms with E-state index in [-0.39, 0.29) is 31.0 Å². The van der Waals surface area contributed by atoms with Crippen LogP contribution in [0.4, 0.5) is 0 Å². The van der Waals surface area contributed by atoms with Gasteiger partial charge in [0.1, 0.15) is 11.8 Å². The predicted octanol–water partition coefficient (Wildman–Crippen LogP) is 5.47. The molecule has 0 bridgehead atoms. The number of carbonyl (C=O) groups is 2. The summed E-state index contributed by atoms with van der Waals surface area (Å²) in [7, 11) is 0. The van der Waals surface area contributed by atoms with Gasteiger partial charge >= 0.3 is 0 Å². The lowest BCUT2D eigenvalue weighted by molar-refractivity contribution is -0.142. The molecule has 1 atom stereocenters. The lowest BCUT2D eigenvalue weighted by Crippen LogP contribution is -2.50. The first-order chi connectivity index (χ1) is 15.2. The number of aryl methyl sites for hydroxylation is 2. The van der Waals surface area contributed by atoms with Gasteiger partial charge in [-0.2, -0.15) is 0 Å². The average molecular weight is 477 g/mol. The molecule has 0 saturated heterocycles. The van der Waals surface area contributed by atoms with Gasteiger partial charge in [-0.15, -0.1) is 0 Å². The van der Waals surface area contributed by atoms with Crippen molar-refractivity contribution < 1.29 is 14.3 Å². The second-order valence-electron chi connectivity index (χ2n) is 8.48. The van der Waals surface area contributed by atoms with Crippen LogP contribution in [0.2, 0.25) is 10.0 Å². The van der Waals surface area contributed by atoms with Gasteiger partial charge in [-0.25, -0.2) is 0 Å². The van der Waals surface area contributed by atoms with E-state index in [1.165, 1.54) is 4.90 Å². The van der Waals surface area contributed by atoms with Crippen LogP contribution in [0, 0.1) is 13.8 Å². The molecule has 3 rings (SSSR count). The Morgan fingerprint density at radius 2 is 1.84 bits per heavy atom. The summed E-state index contributed by atoms with van der Waals surface area (Å²) in [6.45, 7) is 5.70. The SMILES string of the molecule is Cc1ccc(OCC(=O)N(Cc2ccc(Cl)cc2Cl)[C@@H](C)C(=O)NC2CCCC2)c(C)c1. The molecule has 1 N–H and O–H groups in total. The summed E-state index contributed by atoms with van der Waals surface area (Å²) in [5, 5.41) is 4.05. The first-order valence-corrected chi connectivity index (χ1v) is 11.7. The van der Waals surface area contributed by atoms with Gasteiger partial charge in [-0.3, -0.25) is 9.59 Å². The highest BCUT2D eigenvalue weighted by atomic mass is 35.5. The van der Waals surface area contributed by atoms with E-state index in [4.69, 9.17) is 27.9 Å². The standard InChI is InChI=1S/C25H30Cl2N2O3/c1-16-8-11-23(17(2)12-16)32-15-24(30)29(14-19-9-10-20(26)13-22(19)27)18(3)25(31)28-21-6-4-5-7-21/h8-13,18,21H,4-7,14-15H2,1-3H3,(H,28,31)/t18-/m0/s1. The molecule has 2 amide bonds. The Morgan fingerprint density at radius 3 is 2.50 bits per heavy atom. The molecule has 0 heterocycles. The van der Waals surface area contributed by atoms with Crippen LogP contribution in [-0.2, 0) is 16.1 Å². The Hall–Kier alpha value is -2.24. The number of halogens is 2. The molecule has 2 aromatic carbocycles. The fourth-order valence-corrected chi connectivity index (χ4v) is 4.46. The molecule has 1 fully saturated rings. The van der Waals surface area contributed by atoms with Gasteiger partial charge in [-0.05, 0) is 62.9 Å². The number of nitrogens with one attached hydrogen (secondary N) is 1. The summed E-state index contributed by atoms with van der Waals surface area (Å²) in [5.41, 5.74) is 2.80. The second kappa shape index (κ2) is 11.1. The monoisotopic (exact) mass is 476 g/mol. The zero-order valence-corrected chi connectivity index (χ0v) is 20.3. The lowest BCUT2D eigenvalue weighted by Gasteiger charge is -2.30. The molecule has 0 unspecified atom stereocenters. The van der Waals surface area contributed by atoms with Crippen molar-refractivity contribution in [3.8, 4) is 5.75 Å². The Morgan fingerprint density at radius 1 is 1.12 bits per heavy atom. The van der Waals surface area contributed by atoms with Crippen molar-refractivity contribution in [1.29, 1.82) is 0 Å². The van der Waals surface area contributed by atoms with Gasteiger partial charge in [0.2, 0.25) is 5.91 Å². The zero-order chi connectivity index (χ0) is 23.3. The molecular formula is C25H30Cl2N2O3. The molecule has 7 heteroatoms. The van der Waals surface area contributed by atoms with E-state index in [2.05, 4.69) is 5.32 Å². The molecule has 0 aromatic heterocycles. The highest BCUT2D eigenvalue weighted by Crippen LogP contribution is 2.24. The van der Waals surface area contributed by atoms with Crippen LogP contribution in [-0.4, -0.2) is 35.4 Å². The van der Waals surface area contributed by atoms with Crippen molar-refractivity contribution in [2.75, 3.05) is 6.61 Å². The molecule has 0 radical (unpaired) electrons. The zero-order valence-electron chi connectivity index (χ0n) is 18.8.